The fourth-order valence-electron chi connectivity index (χ4n) is 0.804. The Morgan fingerprint density at radius 1 is 1.62 bits per heavy atom. The van der Waals surface area contributed by atoms with E-state index in [1.807, 2.05) is 12.0 Å². The van der Waals surface area contributed by atoms with Gasteiger partial charge in [-0.1, -0.05) is 0 Å². The Hall–Kier alpha value is -1.43. The Labute approximate surface area is 74.2 Å². The van der Waals surface area contributed by atoms with Crippen LogP contribution in [0.3, 0.4) is 0 Å². The maximum Gasteiger partial charge on any atom is 0.330 e. The molecular formula is C7H10N3O3. The molecule has 71 valence electrons. The van der Waals surface area contributed by atoms with E-state index in [0.717, 1.165) is 4.57 Å². The first-order chi connectivity index (χ1) is 6.25. The second-order valence-electron chi connectivity index (χ2n) is 2.31. The quantitative estimate of drug-likeness (QED) is 0.469. The molecule has 0 unspecified atom stereocenters. The maximum atomic E-state index is 11.1. The molecule has 0 fully saturated rings. The molecule has 1 aromatic heterocycles. The Kier molecular flexibility index (Phi) is 3.39. The lowest BCUT2D eigenvalue weighted by Gasteiger charge is -2.01. The summed E-state index contributed by atoms with van der Waals surface area (Å²) in [6.45, 7) is 3.09. The van der Waals surface area contributed by atoms with Crippen molar-refractivity contribution in [2.75, 3.05) is 13.2 Å². The second-order valence-corrected chi connectivity index (χ2v) is 2.31. The van der Waals surface area contributed by atoms with Crippen LogP contribution in [0.1, 0.15) is 6.92 Å². The van der Waals surface area contributed by atoms with Crippen LogP contribution < -0.4 is 11.1 Å². The van der Waals surface area contributed by atoms with Crippen molar-refractivity contribution in [3.05, 3.63) is 27.0 Å². The van der Waals surface area contributed by atoms with Crippen LogP contribution >= 0.6 is 0 Å². The van der Waals surface area contributed by atoms with E-state index in [2.05, 4.69) is 11.4 Å². The Morgan fingerprint density at radius 3 is 3.08 bits per heavy atom. The summed E-state index contributed by atoms with van der Waals surface area (Å²) < 4.78 is 6.10. The molecule has 1 aromatic rings. The second kappa shape index (κ2) is 4.56. The van der Waals surface area contributed by atoms with Crippen LogP contribution in [-0.2, 0) is 11.3 Å². The summed E-state index contributed by atoms with van der Waals surface area (Å²) >= 11 is 0. The van der Waals surface area contributed by atoms with E-state index < -0.39 is 11.1 Å². The molecule has 0 saturated carbocycles. The van der Waals surface area contributed by atoms with E-state index in [-0.39, 0.29) is 0 Å². The molecule has 0 aromatic carbocycles. The average molecular weight is 184 g/mol. The Morgan fingerprint density at radius 2 is 2.38 bits per heavy atom. The van der Waals surface area contributed by atoms with Crippen LogP contribution in [0, 0.1) is 6.33 Å². The number of nitrogens with zero attached hydrogens (tertiary/aromatic N) is 2. The highest BCUT2D eigenvalue weighted by Crippen LogP contribution is 1.77. The van der Waals surface area contributed by atoms with Crippen LogP contribution in [0.2, 0.25) is 0 Å². The maximum absolute atomic E-state index is 11.1. The van der Waals surface area contributed by atoms with E-state index in [1.54, 1.807) is 0 Å². The third kappa shape index (κ3) is 2.51. The zero-order valence-corrected chi connectivity index (χ0v) is 7.24. The molecule has 0 aliphatic carbocycles. The predicted molar refractivity (Wildman–Crippen MR) is 44.4 cm³/mol. The van der Waals surface area contributed by atoms with Gasteiger partial charge in [-0.2, -0.15) is 5.10 Å². The third-order valence-corrected chi connectivity index (χ3v) is 1.43. The molecular weight excluding hydrogens is 174 g/mol. The van der Waals surface area contributed by atoms with Gasteiger partial charge in [0.05, 0.1) is 13.2 Å². The number of aromatic nitrogens is 3. The van der Waals surface area contributed by atoms with Gasteiger partial charge in [-0.15, -0.1) is 0 Å². The van der Waals surface area contributed by atoms with Gasteiger partial charge in [0.1, 0.15) is 0 Å². The lowest BCUT2D eigenvalue weighted by atomic mass is 10.6. The Bertz CT molecular complexity index is 368. The van der Waals surface area contributed by atoms with Crippen molar-refractivity contribution < 1.29 is 4.74 Å². The van der Waals surface area contributed by atoms with E-state index in [0.29, 0.717) is 19.8 Å². The lowest BCUT2D eigenvalue weighted by Crippen LogP contribution is -2.37. The highest BCUT2D eigenvalue weighted by molar-refractivity contribution is 4.72. The lowest BCUT2D eigenvalue weighted by molar-refractivity contribution is 0.137. The highest BCUT2D eigenvalue weighted by Gasteiger charge is 1.99. The highest BCUT2D eigenvalue weighted by atomic mass is 16.5. The van der Waals surface area contributed by atoms with Crippen LogP contribution in [0.15, 0.2) is 9.59 Å². The smallest absolute Gasteiger partial charge is 0.330 e. The number of rotatable bonds is 4. The normalized spacial score (nSPS) is 10.2. The van der Waals surface area contributed by atoms with Crippen LogP contribution in [0.4, 0.5) is 0 Å². The van der Waals surface area contributed by atoms with Crippen molar-refractivity contribution in [3.8, 4) is 0 Å². The summed E-state index contributed by atoms with van der Waals surface area (Å²) in [7, 11) is 0. The monoisotopic (exact) mass is 184 g/mol. The SMILES string of the molecule is CCOCCn1[c]n[nH]c(=O)c1=O. The van der Waals surface area contributed by atoms with Crippen LogP contribution in [0.25, 0.3) is 0 Å². The van der Waals surface area contributed by atoms with Crippen molar-refractivity contribution in [2.24, 2.45) is 0 Å². The standard InChI is InChI=1S/C7H10N3O3/c1-2-13-4-3-10-5-8-9-6(11)7(10)12/h2-4H2,1H3,(H,9,11). The van der Waals surface area contributed by atoms with E-state index in [9.17, 15) is 9.59 Å². The van der Waals surface area contributed by atoms with Gasteiger partial charge in [0.15, 0.2) is 0 Å². The first-order valence-electron chi connectivity index (χ1n) is 3.90. The molecule has 0 spiro atoms. The first kappa shape index (κ1) is 9.66. The van der Waals surface area contributed by atoms with Gasteiger partial charge >= 0.3 is 11.1 Å². The number of H-pyrrole nitrogens is 1. The summed E-state index contributed by atoms with van der Waals surface area (Å²) in [6.07, 6.45) is 2.36. The van der Waals surface area contributed by atoms with E-state index in [1.165, 1.54) is 0 Å². The molecule has 0 aliphatic heterocycles. The fourth-order valence-corrected chi connectivity index (χ4v) is 0.804. The van der Waals surface area contributed by atoms with E-state index >= 15 is 0 Å². The molecule has 13 heavy (non-hydrogen) atoms. The summed E-state index contributed by atoms with van der Waals surface area (Å²) in [6, 6.07) is 0. The average Bonchev–Trinajstić information content (AvgIpc) is 2.13. The van der Waals surface area contributed by atoms with Gasteiger partial charge in [-0.05, 0) is 6.92 Å². The van der Waals surface area contributed by atoms with Crippen molar-refractivity contribution in [1.82, 2.24) is 14.8 Å². The molecule has 0 atom stereocenters. The molecule has 0 saturated heterocycles. The Balaban J connectivity index is 2.72. The zero-order chi connectivity index (χ0) is 9.68. The topological polar surface area (TPSA) is 77.0 Å². The summed E-state index contributed by atoms with van der Waals surface area (Å²) in [5.74, 6) is 0. The molecule has 6 nitrogen and oxygen atoms in total. The van der Waals surface area contributed by atoms with Gasteiger partial charge in [0.25, 0.3) is 0 Å². The van der Waals surface area contributed by atoms with Crippen molar-refractivity contribution in [3.63, 3.8) is 0 Å². The van der Waals surface area contributed by atoms with Crippen molar-refractivity contribution in [1.29, 1.82) is 0 Å². The first-order valence-corrected chi connectivity index (χ1v) is 3.90. The van der Waals surface area contributed by atoms with Crippen LogP contribution in [0.5, 0.6) is 0 Å². The molecule has 6 heteroatoms. The molecule has 1 radical (unpaired) electrons. The largest absolute Gasteiger partial charge is 0.380 e. The number of hydrogen-bond acceptors (Lipinski definition) is 4. The molecule has 0 bridgehead atoms. The van der Waals surface area contributed by atoms with Gasteiger partial charge < -0.3 is 4.74 Å². The minimum Gasteiger partial charge on any atom is -0.380 e. The van der Waals surface area contributed by atoms with Gasteiger partial charge in [-0.25, -0.2) is 5.10 Å². The minimum atomic E-state index is -0.741. The molecule has 0 aliphatic rings. The summed E-state index contributed by atoms with van der Waals surface area (Å²) in [5, 5.41) is 5.36. The molecule has 1 rings (SSSR count). The van der Waals surface area contributed by atoms with Gasteiger partial charge in [0, 0.05) is 6.61 Å². The van der Waals surface area contributed by atoms with E-state index in [4.69, 9.17) is 4.74 Å². The van der Waals surface area contributed by atoms with Gasteiger partial charge in [0.2, 0.25) is 6.33 Å². The number of aromatic amines is 1. The zero-order valence-electron chi connectivity index (χ0n) is 7.24. The molecule has 0 amide bonds. The third-order valence-electron chi connectivity index (χ3n) is 1.43. The van der Waals surface area contributed by atoms with Gasteiger partial charge in [-0.3, -0.25) is 14.2 Å². The van der Waals surface area contributed by atoms with Crippen LogP contribution in [-0.4, -0.2) is 28.0 Å². The van der Waals surface area contributed by atoms with Crippen molar-refractivity contribution >= 4 is 0 Å². The number of hydrogen-bond donors (Lipinski definition) is 1. The summed E-state index contributed by atoms with van der Waals surface area (Å²) in [5.41, 5.74) is -1.40. The molecule has 1 N–H and O–H groups in total. The number of ether oxygens (including phenoxy) is 1. The summed E-state index contributed by atoms with van der Waals surface area (Å²) in [4.78, 5) is 21.8. The van der Waals surface area contributed by atoms with Crippen molar-refractivity contribution in [2.45, 2.75) is 13.5 Å². The number of nitrogens with one attached hydrogen (secondary N) is 1. The fraction of sp³-hybridized carbons (Fsp3) is 0.571. The predicted octanol–water partition coefficient (Wildman–Crippen LogP) is -1.23. The molecule has 1 heterocycles. The minimum absolute atomic E-state index is 0.295.